The van der Waals surface area contributed by atoms with E-state index in [1.807, 2.05) is 0 Å². The maximum absolute atomic E-state index is 2.66. The zero-order valence-electron chi connectivity index (χ0n) is 28.3. The van der Waals surface area contributed by atoms with Crippen molar-refractivity contribution in [3.63, 3.8) is 0 Å². The molecule has 0 amide bonds. The predicted octanol–water partition coefficient (Wildman–Crippen LogP) is 8.65. The molecule has 8 rings (SSSR count). The fourth-order valence-corrected chi connectivity index (χ4v) is 8.01. The molecule has 3 heterocycles. The van der Waals surface area contributed by atoms with Crippen LogP contribution in [0.3, 0.4) is 0 Å². The maximum atomic E-state index is 2.66. The maximum Gasteiger partial charge on any atom is 0.250 e. The Morgan fingerprint density at radius 2 is 0.894 bits per heavy atom. The van der Waals surface area contributed by atoms with Crippen molar-refractivity contribution in [2.45, 2.75) is 52.4 Å². The largest absolute Gasteiger partial charge is 0.410 e. The molecule has 232 valence electrons. The van der Waals surface area contributed by atoms with Gasteiger partial charge in [0.15, 0.2) is 11.6 Å². The van der Waals surface area contributed by atoms with Gasteiger partial charge in [0.25, 0.3) is 0 Å². The van der Waals surface area contributed by atoms with Crippen LogP contribution in [-0.2, 0) is 10.8 Å². The van der Waals surface area contributed by atoms with Crippen molar-refractivity contribution >= 4 is 57.1 Å². The minimum atomic E-state index is -1.62. The van der Waals surface area contributed by atoms with E-state index in [9.17, 15) is 0 Å². The highest BCUT2D eigenvalue weighted by Crippen LogP contribution is 2.44. The fraction of sp³-hybridized carbons (Fsp3) is 0.186. The highest BCUT2D eigenvalue weighted by atomic mass is 15.3. The Bertz CT molecular complexity index is 2090. The Morgan fingerprint density at radius 3 is 1.40 bits per heavy atom. The third kappa shape index (κ3) is 4.38. The van der Waals surface area contributed by atoms with E-state index in [2.05, 4.69) is 201 Å². The molecule has 0 fully saturated rings. The van der Waals surface area contributed by atoms with Crippen molar-refractivity contribution in [2.24, 2.45) is 0 Å². The smallest absolute Gasteiger partial charge is 0.250 e. The molecule has 2 aliphatic rings. The van der Waals surface area contributed by atoms with Crippen LogP contribution in [0.25, 0.3) is 0 Å². The van der Waals surface area contributed by atoms with Crippen molar-refractivity contribution in [2.75, 3.05) is 9.80 Å². The van der Waals surface area contributed by atoms with E-state index in [0.29, 0.717) is 0 Å². The number of benzene rings is 5. The molecule has 1 aromatic heterocycles. The number of pyridine rings is 1. The second kappa shape index (κ2) is 10.5. The van der Waals surface area contributed by atoms with Gasteiger partial charge in [-0.25, -0.2) is 9.80 Å². The lowest BCUT2D eigenvalue weighted by atomic mass is 9.22. The summed E-state index contributed by atoms with van der Waals surface area (Å²) in [7, 11) is 0. The summed E-state index contributed by atoms with van der Waals surface area (Å²) in [5.74, 6) is 2.31. The Balaban J connectivity index is 1.54. The first kappa shape index (κ1) is 29.3. The summed E-state index contributed by atoms with van der Waals surface area (Å²) in [5.41, 5.74) is 11.4. The van der Waals surface area contributed by atoms with Crippen molar-refractivity contribution < 1.29 is 4.48 Å². The number of anilines is 6. The third-order valence-corrected chi connectivity index (χ3v) is 10.3. The van der Waals surface area contributed by atoms with Crippen LogP contribution in [0.15, 0.2) is 146 Å². The van der Waals surface area contributed by atoms with Gasteiger partial charge in [0.2, 0.25) is 6.28 Å². The standard InChI is InChI=1S/C43H42BN3/c1-42(2,3)31-28-32(43(4,5)6)30-35(29-31)46-39-25-16-14-23-37(39)44(33-18-9-7-10-19-33)36-22-13-15-24-38(36)45(34-20-11-8-12-21-34)40-26-17-27-41(46)47(40)44/h7-30H,1-6H3. The van der Waals surface area contributed by atoms with Crippen LogP contribution in [0.2, 0.25) is 0 Å². The predicted molar refractivity (Wildman–Crippen MR) is 200 cm³/mol. The number of aromatic nitrogens is 1. The molecule has 1 atom stereocenters. The van der Waals surface area contributed by atoms with Crippen LogP contribution in [0.5, 0.6) is 0 Å². The second-order valence-corrected chi connectivity index (χ2v) is 15.2. The Labute approximate surface area is 279 Å². The number of hydrogen-bond donors (Lipinski definition) is 0. The number of fused-ring (bicyclic) bond motifs is 4. The van der Waals surface area contributed by atoms with Gasteiger partial charge in [-0.05, 0) is 64.4 Å². The molecule has 0 saturated heterocycles. The minimum Gasteiger partial charge on any atom is -0.410 e. The normalized spacial score (nSPS) is 16.7. The lowest BCUT2D eigenvalue weighted by Gasteiger charge is -2.54. The molecule has 5 aromatic carbocycles. The fourth-order valence-electron chi connectivity index (χ4n) is 8.01. The van der Waals surface area contributed by atoms with Gasteiger partial charge in [0.05, 0.1) is 11.4 Å². The van der Waals surface area contributed by atoms with E-state index in [1.54, 1.807) is 0 Å². The van der Waals surface area contributed by atoms with Gasteiger partial charge >= 0.3 is 0 Å². The Hall–Kier alpha value is -5.09. The molecule has 0 aliphatic carbocycles. The highest BCUT2D eigenvalue weighted by molar-refractivity contribution is 7.07. The van der Waals surface area contributed by atoms with Crippen molar-refractivity contribution in [1.82, 2.24) is 0 Å². The number of nitrogens with zero attached hydrogens (tertiary/aromatic N) is 3. The van der Waals surface area contributed by atoms with E-state index in [4.69, 9.17) is 0 Å². The second-order valence-electron chi connectivity index (χ2n) is 15.2. The van der Waals surface area contributed by atoms with Crippen LogP contribution < -0.4 is 30.7 Å². The summed E-state index contributed by atoms with van der Waals surface area (Å²) in [6.45, 7) is 13.9. The van der Waals surface area contributed by atoms with Crippen molar-refractivity contribution in [3.05, 3.63) is 157 Å². The third-order valence-electron chi connectivity index (χ3n) is 10.3. The average Bonchev–Trinajstić information content (AvgIpc) is 3.08. The summed E-state index contributed by atoms with van der Waals surface area (Å²) < 4.78 is 2.66. The van der Waals surface area contributed by atoms with Gasteiger partial charge < -0.3 is 4.48 Å². The van der Waals surface area contributed by atoms with Crippen LogP contribution in [0.1, 0.15) is 52.7 Å². The molecule has 0 N–H and O–H groups in total. The molecule has 1 unspecified atom stereocenters. The molecule has 0 radical (unpaired) electrons. The summed E-state index contributed by atoms with van der Waals surface area (Å²) in [6, 6.07) is 54.2. The first-order chi connectivity index (χ1) is 22.6. The van der Waals surface area contributed by atoms with E-state index in [-0.39, 0.29) is 10.8 Å². The molecule has 2 aliphatic heterocycles. The number of para-hydroxylation sites is 3. The summed E-state index contributed by atoms with van der Waals surface area (Å²) in [6.07, 6.45) is -1.62. The first-order valence-corrected chi connectivity index (χ1v) is 16.9. The van der Waals surface area contributed by atoms with Crippen LogP contribution in [0, 0.1) is 0 Å². The Morgan fingerprint density at radius 1 is 0.447 bits per heavy atom. The van der Waals surface area contributed by atoms with E-state index >= 15 is 0 Å². The van der Waals surface area contributed by atoms with E-state index in [1.165, 1.54) is 44.6 Å². The van der Waals surface area contributed by atoms with Gasteiger partial charge in [-0.3, -0.25) is 0 Å². The Kier molecular flexibility index (Phi) is 6.53. The topological polar surface area (TPSA) is 10.4 Å². The van der Waals surface area contributed by atoms with E-state index in [0.717, 1.165) is 17.3 Å². The van der Waals surface area contributed by atoms with Crippen molar-refractivity contribution in [3.8, 4) is 0 Å². The molecule has 3 nitrogen and oxygen atoms in total. The van der Waals surface area contributed by atoms with Gasteiger partial charge in [-0.2, -0.15) is 5.46 Å². The quantitative estimate of drug-likeness (QED) is 0.185. The molecule has 4 heteroatoms. The van der Waals surface area contributed by atoms with Gasteiger partial charge in [0, 0.05) is 12.1 Å². The van der Waals surface area contributed by atoms with Crippen LogP contribution >= 0.6 is 0 Å². The molecule has 0 saturated carbocycles. The highest BCUT2D eigenvalue weighted by Gasteiger charge is 2.51. The van der Waals surface area contributed by atoms with Crippen LogP contribution in [0.4, 0.5) is 34.4 Å². The van der Waals surface area contributed by atoms with Crippen LogP contribution in [-0.4, -0.2) is 6.28 Å². The zero-order valence-corrected chi connectivity index (χ0v) is 28.3. The first-order valence-electron chi connectivity index (χ1n) is 16.9. The lowest BCUT2D eigenvalue weighted by molar-refractivity contribution is -0.512. The summed E-state index contributed by atoms with van der Waals surface area (Å²) in [5, 5.41) is 0. The van der Waals surface area contributed by atoms with Gasteiger partial charge in [0.1, 0.15) is 11.4 Å². The SMILES string of the molecule is CC(C)(C)c1cc(N2c3ccccc3[B-]3(c4ccccc4)c4ccccc4N(c4ccccc4)c4cccc2[n+]43)cc(C(C)(C)C)c1. The number of rotatable bonds is 3. The summed E-state index contributed by atoms with van der Waals surface area (Å²) >= 11 is 0. The monoisotopic (exact) mass is 611 g/mol. The minimum absolute atomic E-state index is 0.00461. The van der Waals surface area contributed by atoms with Gasteiger partial charge in [-0.15, -0.1) is 10.9 Å². The zero-order chi connectivity index (χ0) is 32.6. The van der Waals surface area contributed by atoms with Crippen molar-refractivity contribution in [1.29, 1.82) is 0 Å². The molecular formula is C43H42BN3. The average molecular weight is 612 g/mol. The van der Waals surface area contributed by atoms with Gasteiger partial charge in [-0.1, -0.05) is 133 Å². The molecular weight excluding hydrogens is 569 g/mol. The number of hydrogen-bond acceptors (Lipinski definition) is 2. The molecule has 0 spiro atoms. The summed E-state index contributed by atoms with van der Waals surface area (Å²) in [4.78, 5) is 4.96. The lowest BCUT2D eigenvalue weighted by Crippen LogP contribution is -2.89. The molecule has 0 bridgehead atoms. The van der Waals surface area contributed by atoms with E-state index < -0.39 is 6.28 Å². The molecule has 6 aromatic rings. The molecule has 47 heavy (non-hydrogen) atoms.